The molecule has 4 rings (SSSR count). The fourth-order valence-corrected chi connectivity index (χ4v) is 5.98. The van der Waals surface area contributed by atoms with E-state index in [4.69, 9.17) is 37.7 Å². The Morgan fingerprint density at radius 3 is 2.37 bits per heavy atom. The molecule has 1 saturated carbocycles. The van der Waals surface area contributed by atoms with Gasteiger partial charge in [0, 0.05) is 6.07 Å². The molecule has 10 nitrogen and oxygen atoms in total. The van der Waals surface area contributed by atoms with E-state index >= 15 is 0 Å². The molecule has 1 aliphatic heterocycles. The average Bonchev–Trinajstić information content (AvgIpc) is 3.02. The molecule has 1 heterocycles. The number of halogens is 2. The van der Waals surface area contributed by atoms with Gasteiger partial charge in [-0.2, -0.15) is 0 Å². The van der Waals surface area contributed by atoms with Crippen LogP contribution in [-0.2, 0) is 11.3 Å². The summed E-state index contributed by atoms with van der Waals surface area (Å²) in [5.74, 6) is 1.16. The highest BCUT2D eigenvalue weighted by molar-refractivity contribution is 6.41. The second-order valence-electron chi connectivity index (χ2n) is 10.2. The Morgan fingerprint density at radius 2 is 1.77 bits per heavy atom. The third kappa shape index (κ3) is 7.14. The minimum Gasteiger partial charge on any atom is -0.495 e. The molecule has 0 saturated heterocycles. The van der Waals surface area contributed by atoms with Crippen molar-refractivity contribution in [2.75, 3.05) is 25.7 Å². The summed E-state index contributed by atoms with van der Waals surface area (Å²) in [4.78, 5) is 38.4. The number of amides is 3. The molecule has 228 valence electrons. The molecular weight excluding hydrogens is 591 g/mol. The third-order valence-electron chi connectivity index (χ3n) is 7.45. The molecular formula is C31H36Cl2N6O4. The van der Waals surface area contributed by atoms with E-state index in [0.717, 1.165) is 36.8 Å². The van der Waals surface area contributed by atoms with Gasteiger partial charge in [0.15, 0.2) is 0 Å². The number of guanidine groups is 1. The van der Waals surface area contributed by atoms with Gasteiger partial charge in [0.1, 0.15) is 27.4 Å². The first-order valence-electron chi connectivity index (χ1n) is 13.9. The maximum atomic E-state index is 14.3. The standard InChI is InChI=1S/C31H36Cl2N6O4/c1-6-25(40)35-21-14-10-11-15-22(21)36-30(34-3)37-29-19(2)17-38(31(41)39(29)18-20-12-8-7-9-13-20)28-26(32)23(42-4)16-24(43-5)27(28)33/h6-9,12-13,16,21-22H,1,3,10-11,14-15,17-18H2,2,4-5H3,(H,35,40)(H,36,37). The molecule has 3 amide bonds. The molecule has 0 radical (unpaired) electrons. The summed E-state index contributed by atoms with van der Waals surface area (Å²) >= 11 is 13.4. The van der Waals surface area contributed by atoms with E-state index in [1.807, 2.05) is 37.3 Å². The number of hydrogen-bond donors (Lipinski definition) is 2. The number of methoxy groups -OCH3 is 2. The Hall–Kier alpha value is -4.02. The Morgan fingerprint density at radius 1 is 1.12 bits per heavy atom. The quantitative estimate of drug-likeness (QED) is 0.203. The zero-order valence-corrected chi connectivity index (χ0v) is 26.0. The predicted octanol–water partition coefficient (Wildman–Crippen LogP) is 5.94. The zero-order chi connectivity index (χ0) is 31.1. The average molecular weight is 628 g/mol. The number of carbonyl (C=O) groups excluding carboxylic acids is 2. The molecule has 0 aromatic heterocycles. The van der Waals surface area contributed by atoms with E-state index in [2.05, 4.69) is 28.9 Å². The van der Waals surface area contributed by atoms with Crippen LogP contribution in [-0.4, -0.2) is 62.4 Å². The van der Waals surface area contributed by atoms with Gasteiger partial charge >= 0.3 is 6.03 Å². The number of hydrogen-bond acceptors (Lipinski definition) is 5. The highest BCUT2D eigenvalue weighted by Gasteiger charge is 2.36. The molecule has 2 aromatic rings. The van der Waals surface area contributed by atoms with E-state index in [1.165, 1.54) is 25.2 Å². The van der Waals surface area contributed by atoms with Gasteiger partial charge < -0.3 is 20.1 Å². The highest BCUT2D eigenvalue weighted by Crippen LogP contribution is 2.47. The smallest absolute Gasteiger partial charge is 0.330 e. The van der Waals surface area contributed by atoms with Crippen molar-refractivity contribution in [3.8, 4) is 11.5 Å². The van der Waals surface area contributed by atoms with E-state index in [0.29, 0.717) is 17.3 Å². The first-order valence-corrected chi connectivity index (χ1v) is 14.6. The number of anilines is 1. The van der Waals surface area contributed by atoms with Gasteiger partial charge in [-0.1, -0.05) is 73.0 Å². The van der Waals surface area contributed by atoms with Crippen LogP contribution < -0.4 is 25.0 Å². The van der Waals surface area contributed by atoms with Crippen molar-refractivity contribution in [3.63, 3.8) is 0 Å². The lowest BCUT2D eigenvalue weighted by Crippen LogP contribution is -2.52. The van der Waals surface area contributed by atoms with Crippen molar-refractivity contribution in [3.05, 3.63) is 76.1 Å². The summed E-state index contributed by atoms with van der Waals surface area (Å²) in [5, 5.41) is 6.62. The van der Waals surface area contributed by atoms with Crippen LogP contribution in [0.5, 0.6) is 11.5 Å². The largest absolute Gasteiger partial charge is 0.495 e. The fourth-order valence-electron chi connectivity index (χ4n) is 5.27. The van der Waals surface area contributed by atoms with Gasteiger partial charge in [0.2, 0.25) is 11.9 Å². The molecule has 2 N–H and O–H groups in total. The molecule has 43 heavy (non-hydrogen) atoms. The summed E-state index contributed by atoms with van der Waals surface area (Å²) in [6.45, 7) is 9.57. The summed E-state index contributed by atoms with van der Waals surface area (Å²) in [6.07, 6.45) is 4.78. The number of benzene rings is 2. The second kappa shape index (κ2) is 14.4. The maximum Gasteiger partial charge on any atom is 0.330 e. The van der Waals surface area contributed by atoms with Crippen molar-refractivity contribution in [2.45, 2.75) is 51.2 Å². The van der Waals surface area contributed by atoms with Crippen molar-refractivity contribution in [2.24, 2.45) is 9.98 Å². The monoisotopic (exact) mass is 626 g/mol. The Kier molecular flexibility index (Phi) is 10.7. The van der Waals surface area contributed by atoms with Crippen LogP contribution in [0.2, 0.25) is 10.0 Å². The summed E-state index contributed by atoms with van der Waals surface area (Å²) in [5.41, 5.74) is 1.97. The minimum absolute atomic E-state index is 0.161. The summed E-state index contributed by atoms with van der Waals surface area (Å²) in [7, 11) is 2.96. The van der Waals surface area contributed by atoms with E-state index in [-0.39, 0.29) is 58.8 Å². The molecule has 0 bridgehead atoms. The van der Waals surface area contributed by atoms with Gasteiger partial charge in [-0.15, -0.1) is 0 Å². The molecule has 1 aliphatic carbocycles. The Bertz CT molecular complexity index is 1420. The van der Waals surface area contributed by atoms with E-state index in [1.54, 1.807) is 11.0 Å². The molecule has 0 spiro atoms. The van der Waals surface area contributed by atoms with Gasteiger partial charge in [0.05, 0.1) is 45.1 Å². The van der Waals surface area contributed by atoms with Gasteiger partial charge in [0.25, 0.3) is 0 Å². The Labute approximate surface area is 262 Å². The molecule has 2 atom stereocenters. The highest BCUT2D eigenvalue weighted by atomic mass is 35.5. The van der Waals surface area contributed by atoms with Crippen molar-refractivity contribution in [1.29, 1.82) is 0 Å². The van der Waals surface area contributed by atoms with Crippen molar-refractivity contribution in [1.82, 2.24) is 15.5 Å². The lowest BCUT2D eigenvalue weighted by atomic mass is 9.90. The van der Waals surface area contributed by atoms with Crippen molar-refractivity contribution < 1.29 is 19.1 Å². The topological polar surface area (TPSA) is 108 Å². The number of urea groups is 1. The maximum absolute atomic E-state index is 14.3. The summed E-state index contributed by atoms with van der Waals surface area (Å²) < 4.78 is 10.9. The first-order chi connectivity index (χ1) is 20.7. The SMILES string of the molecule is C=CC(=O)NC1CCCCC1N=C(N=C)NC1=C(C)CN(c2c(Cl)c(OC)cc(OC)c2Cl)C(=O)N1Cc1ccccc1. The fraction of sp³-hybridized carbons (Fsp3) is 0.355. The zero-order valence-electron chi connectivity index (χ0n) is 24.5. The van der Waals surface area contributed by atoms with Gasteiger partial charge in [-0.3, -0.25) is 14.6 Å². The van der Waals surface area contributed by atoms with Crippen LogP contribution in [0.25, 0.3) is 0 Å². The lowest BCUT2D eigenvalue weighted by Gasteiger charge is -2.39. The predicted molar refractivity (Wildman–Crippen MR) is 171 cm³/mol. The van der Waals surface area contributed by atoms with E-state index in [9.17, 15) is 9.59 Å². The number of aliphatic imine (C=N–C) groups is 2. The van der Waals surface area contributed by atoms with Crippen LogP contribution in [0.15, 0.2) is 70.4 Å². The first kappa shape index (κ1) is 31.9. The Balaban J connectivity index is 1.75. The number of carbonyl (C=O) groups is 2. The van der Waals surface area contributed by atoms with Gasteiger partial charge in [-0.05, 0) is 43.7 Å². The van der Waals surface area contributed by atoms with Crippen LogP contribution in [0.4, 0.5) is 10.5 Å². The molecule has 2 unspecified atom stereocenters. The van der Waals surface area contributed by atoms with E-state index < -0.39 is 0 Å². The van der Waals surface area contributed by atoms with Crippen LogP contribution in [0.3, 0.4) is 0 Å². The second-order valence-corrected chi connectivity index (χ2v) is 11.0. The normalized spacial score (nSPS) is 19.2. The molecule has 1 fully saturated rings. The van der Waals surface area contributed by atoms with Gasteiger partial charge in [-0.25, -0.2) is 14.8 Å². The summed E-state index contributed by atoms with van der Waals surface area (Å²) in [6, 6.07) is 10.4. The number of nitrogens with zero attached hydrogens (tertiary/aromatic N) is 4. The number of ether oxygens (including phenoxy) is 2. The van der Waals surface area contributed by atoms with Crippen LogP contribution >= 0.6 is 23.2 Å². The molecule has 12 heteroatoms. The molecule has 2 aliphatic rings. The third-order valence-corrected chi connectivity index (χ3v) is 8.18. The van der Waals surface area contributed by atoms with Crippen LogP contribution in [0, 0.1) is 0 Å². The van der Waals surface area contributed by atoms with Crippen LogP contribution in [0.1, 0.15) is 38.2 Å². The van der Waals surface area contributed by atoms with Crippen molar-refractivity contribution >= 4 is 53.5 Å². The number of rotatable bonds is 9. The lowest BCUT2D eigenvalue weighted by molar-refractivity contribution is -0.117. The minimum atomic E-state index is -0.381. The number of nitrogens with one attached hydrogen (secondary N) is 2. The molecule has 2 aromatic carbocycles.